The average Bonchev–Trinajstić information content (AvgIpc) is 3.14. The van der Waals surface area contributed by atoms with E-state index in [-0.39, 0.29) is 5.69 Å². The van der Waals surface area contributed by atoms with Crippen molar-refractivity contribution in [2.45, 2.75) is 19.4 Å². The third-order valence-electron chi connectivity index (χ3n) is 3.74. The monoisotopic (exact) mass is 313 g/mol. The molecule has 0 atom stereocenters. The normalized spacial score (nSPS) is 13.9. The Hall–Kier alpha value is -2.70. The molecule has 2 aromatic rings. The van der Waals surface area contributed by atoms with E-state index >= 15 is 0 Å². The van der Waals surface area contributed by atoms with Crippen molar-refractivity contribution in [3.8, 4) is 0 Å². The van der Waals surface area contributed by atoms with Gasteiger partial charge >= 0.3 is 5.97 Å². The molecule has 1 saturated heterocycles. The number of rotatable bonds is 5. The third kappa shape index (κ3) is 3.74. The molecule has 1 N–H and O–H groups in total. The van der Waals surface area contributed by atoms with Crippen molar-refractivity contribution in [1.29, 1.82) is 0 Å². The number of anilines is 2. The number of esters is 1. The molecule has 0 aliphatic carbocycles. The first-order valence-electron chi connectivity index (χ1n) is 7.60. The number of aromatic nitrogens is 3. The first kappa shape index (κ1) is 15.2. The summed E-state index contributed by atoms with van der Waals surface area (Å²) in [7, 11) is 1.32. The summed E-state index contributed by atoms with van der Waals surface area (Å²) >= 11 is 0. The summed E-state index contributed by atoms with van der Waals surface area (Å²) < 4.78 is 4.63. The number of nitrogens with zero attached hydrogens (tertiary/aromatic N) is 4. The molecule has 7 heteroatoms. The van der Waals surface area contributed by atoms with Crippen LogP contribution in [0.15, 0.2) is 30.7 Å². The number of hydrogen-bond donors (Lipinski definition) is 1. The molecule has 23 heavy (non-hydrogen) atoms. The SMILES string of the molecule is COC(=O)c1cncc(NCc2ccc(N3CCCC3)nc2)n1. The highest BCUT2D eigenvalue weighted by Crippen LogP contribution is 2.17. The van der Waals surface area contributed by atoms with E-state index in [9.17, 15) is 4.79 Å². The van der Waals surface area contributed by atoms with Crippen molar-refractivity contribution in [2.75, 3.05) is 30.4 Å². The first-order chi connectivity index (χ1) is 11.3. The molecule has 0 saturated carbocycles. The van der Waals surface area contributed by atoms with E-state index in [0.29, 0.717) is 12.4 Å². The average molecular weight is 313 g/mol. The van der Waals surface area contributed by atoms with E-state index in [2.05, 4.69) is 29.9 Å². The van der Waals surface area contributed by atoms with Gasteiger partial charge in [-0.05, 0) is 24.5 Å². The number of methoxy groups -OCH3 is 1. The first-order valence-corrected chi connectivity index (χ1v) is 7.60. The molecule has 0 radical (unpaired) electrons. The Balaban J connectivity index is 1.60. The summed E-state index contributed by atoms with van der Waals surface area (Å²) in [5, 5.41) is 3.13. The van der Waals surface area contributed by atoms with Gasteiger partial charge < -0.3 is 15.0 Å². The molecule has 0 unspecified atom stereocenters. The fourth-order valence-electron chi connectivity index (χ4n) is 2.50. The number of nitrogens with one attached hydrogen (secondary N) is 1. The Morgan fingerprint density at radius 3 is 2.78 bits per heavy atom. The van der Waals surface area contributed by atoms with Crippen LogP contribution in [0.1, 0.15) is 28.9 Å². The van der Waals surface area contributed by atoms with Crippen LogP contribution in [0.3, 0.4) is 0 Å². The van der Waals surface area contributed by atoms with Gasteiger partial charge in [0.1, 0.15) is 11.6 Å². The highest BCUT2D eigenvalue weighted by molar-refractivity contribution is 5.87. The van der Waals surface area contributed by atoms with Crippen LogP contribution in [0.25, 0.3) is 0 Å². The molecule has 3 rings (SSSR count). The number of carbonyl (C=O) groups is 1. The zero-order chi connectivity index (χ0) is 16.1. The van der Waals surface area contributed by atoms with Crippen LogP contribution in [0.5, 0.6) is 0 Å². The molecule has 2 aromatic heterocycles. The largest absolute Gasteiger partial charge is 0.464 e. The highest BCUT2D eigenvalue weighted by atomic mass is 16.5. The third-order valence-corrected chi connectivity index (χ3v) is 3.74. The van der Waals surface area contributed by atoms with Gasteiger partial charge in [0, 0.05) is 25.8 Å². The van der Waals surface area contributed by atoms with Crippen LogP contribution in [-0.4, -0.2) is 41.1 Å². The standard InChI is InChI=1S/C16H19N5O2/c1-23-16(22)13-10-17-11-14(20-13)18-8-12-4-5-15(19-9-12)21-6-2-3-7-21/h4-5,9-11H,2-3,6-8H2,1H3,(H,18,20). The molecule has 1 aliphatic heterocycles. The highest BCUT2D eigenvalue weighted by Gasteiger charge is 2.13. The van der Waals surface area contributed by atoms with Crippen LogP contribution in [0.4, 0.5) is 11.6 Å². The van der Waals surface area contributed by atoms with E-state index in [1.807, 2.05) is 18.3 Å². The predicted molar refractivity (Wildman–Crippen MR) is 86.4 cm³/mol. The Bertz CT molecular complexity index is 668. The molecule has 0 amide bonds. The summed E-state index contributed by atoms with van der Waals surface area (Å²) in [5.74, 6) is 1.05. The molecule has 7 nitrogen and oxygen atoms in total. The number of hydrogen-bond acceptors (Lipinski definition) is 7. The quantitative estimate of drug-likeness (QED) is 0.844. The number of pyridine rings is 1. The van der Waals surface area contributed by atoms with E-state index in [1.54, 1.807) is 6.20 Å². The van der Waals surface area contributed by atoms with Crippen molar-refractivity contribution in [3.05, 3.63) is 42.0 Å². The van der Waals surface area contributed by atoms with E-state index in [0.717, 1.165) is 24.5 Å². The van der Waals surface area contributed by atoms with Crippen LogP contribution < -0.4 is 10.2 Å². The lowest BCUT2D eigenvalue weighted by Crippen LogP contribution is -2.18. The van der Waals surface area contributed by atoms with Gasteiger partial charge in [0.25, 0.3) is 0 Å². The minimum Gasteiger partial charge on any atom is -0.464 e. The number of carbonyl (C=O) groups excluding carboxylic acids is 1. The molecular formula is C16H19N5O2. The second kappa shape index (κ2) is 7.04. The van der Waals surface area contributed by atoms with Gasteiger partial charge in [0.15, 0.2) is 5.69 Å². The molecule has 120 valence electrons. The molecule has 1 fully saturated rings. The van der Waals surface area contributed by atoms with E-state index in [4.69, 9.17) is 0 Å². The number of ether oxygens (including phenoxy) is 1. The Morgan fingerprint density at radius 1 is 1.26 bits per heavy atom. The Kier molecular flexibility index (Phi) is 4.65. The maximum atomic E-state index is 11.4. The van der Waals surface area contributed by atoms with Crippen molar-refractivity contribution in [2.24, 2.45) is 0 Å². The van der Waals surface area contributed by atoms with Crippen molar-refractivity contribution < 1.29 is 9.53 Å². The lowest BCUT2D eigenvalue weighted by atomic mass is 10.2. The van der Waals surface area contributed by atoms with Crippen LogP contribution in [0, 0.1) is 0 Å². The lowest BCUT2D eigenvalue weighted by molar-refractivity contribution is 0.0593. The van der Waals surface area contributed by atoms with Gasteiger partial charge in [-0.25, -0.2) is 14.8 Å². The summed E-state index contributed by atoms with van der Waals surface area (Å²) in [4.78, 5) is 26.4. The fraction of sp³-hybridized carbons (Fsp3) is 0.375. The Labute approximate surface area is 134 Å². The summed E-state index contributed by atoms with van der Waals surface area (Å²) in [5.41, 5.74) is 1.22. The van der Waals surface area contributed by atoms with Crippen LogP contribution in [-0.2, 0) is 11.3 Å². The van der Waals surface area contributed by atoms with Gasteiger partial charge in [-0.3, -0.25) is 4.98 Å². The molecule has 1 aliphatic rings. The van der Waals surface area contributed by atoms with E-state index in [1.165, 1.54) is 26.1 Å². The fourth-order valence-corrected chi connectivity index (χ4v) is 2.50. The van der Waals surface area contributed by atoms with Gasteiger partial charge in [-0.15, -0.1) is 0 Å². The van der Waals surface area contributed by atoms with Crippen LogP contribution in [0.2, 0.25) is 0 Å². The van der Waals surface area contributed by atoms with Crippen LogP contribution >= 0.6 is 0 Å². The van der Waals surface area contributed by atoms with Crippen molar-refractivity contribution in [3.63, 3.8) is 0 Å². The second-order valence-corrected chi connectivity index (χ2v) is 5.35. The smallest absolute Gasteiger partial charge is 0.358 e. The molecule has 0 bridgehead atoms. The zero-order valence-corrected chi connectivity index (χ0v) is 13.0. The lowest BCUT2D eigenvalue weighted by Gasteiger charge is -2.16. The predicted octanol–water partition coefficient (Wildman–Crippen LogP) is 1.87. The summed E-state index contributed by atoms with van der Waals surface area (Å²) in [6, 6.07) is 4.09. The minimum absolute atomic E-state index is 0.181. The maximum absolute atomic E-state index is 11.4. The van der Waals surface area contributed by atoms with Gasteiger partial charge in [-0.2, -0.15) is 0 Å². The van der Waals surface area contributed by atoms with Crippen molar-refractivity contribution >= 4 is 17.6 Å². The summed E-state index contributed by atoms with van der Waals surface area (Å²) in [6.07, 6.45) is 7.28. The molecular weight excluding hydrogens is 294 g/mol. The molecule has 0 spiro atoms. The zero-order valence-electron chi connectivity index (χ0n) is 13.0. The minimum atomic E-state index is -0.502. The Morgan fingerprint density at radius 2 is 2.09 bits per heavy atom. The molecule has 3 heterocycles. The molecule has 0 aromatic carbocycles. The van der Waals surface area contributed by atoms with Gasteiger partial charge in [0.05, 0.1) is 19.5 Å². The summed E-state index contributed by atoms with van der Waals surface area (Å²) in [6.45, 7) is 2.73. The van der Waals surface area contributed by atoms with E-state index < -0.39 is 5.97 Å². The van der Waals surface area contributed by atoms with Gasteiger partial charge in [-0.1, -0.05) is 6.07 Å². The van der Waals surface area contributed by atoms with Crippen molar-refractivity contribution in [1.82, 2.24) is 15.0 Å². The van der Waals surface area contributed by atoms with Gasteiger partial charge in [0.2, 0.25) is 0 Å². The maximum Gasteiger partial charge on any atom is 0.358 e. The second-order valence-electron chi connectivity index (χ2n) is 5.35. The topological polar surface area (TPSA) is 80.2 Å².